The fourth-order valence-corrected chi connectivity index (χ4v) is 2.66. The fraction of sp³-hybridized carbons (Fsp3) is 0.588. The number of hydrogen-bond donors (Lipinski definition) is 2. The first-order chi connectivity index (χ1) is 11.1. The quantitative estimate of drug-likeness (QED) is 0.774. The number of nitrogens with one attached hydrogen (secondary N) is 1. The lowest BCUT2D eigenvalue weighted by Gasteiger charge is -2.15. The molecule has 1 aliphatic heterocycles. The van der Waals surface area contributed by atoms with E-state index in [0.717, 1.165) is 25.1 Å². The van der Waals surface area contributed by atoms with Crippen LogP contribution in [0.5, 0.6) is 0 Å². The minimum atomic E-state index is -0.521. The number of hydrogen-bond acceptors (Lipinski definition) is 4. The molecule has 2 amide bonds. The SMILES string of the molecule is Cn1cc(CN2CCC(NC(=O)C#CC(C)(C)C)C2)c(C(N)=O)n1. The van der Waals surface area contributed by atoms with Crippen LogP contribution in [0.2, 0.25) is 0 Å². The molecule has 1 fully saturated rings. The number of primary amides is 1. The fourth-order valence-electron chi connectivity index (χ4n) is 2.66. The van der Waals surface area contributed by atoms with Gasteiger partial charge in [-0.3, -0.25) is 19.2 Å². The molecule has 0 aliphatic carbocycles. The van der Waals surface area contributed by atoms with Crippen molar-refractivity contribution >= 4 is 11.8 Å². The lowest BCUT2D eigenvalue weighted by atomic mass is 9.98. The Kier molecular flexibility index (Phi) is 5.30. The van der Waals surface area contributed by atoms with Crippen molar-refractivity contribution in [3.8, 4) is 11.8 Å². The predicted molar refractivity (Wildman–Crippen MR) is 90.8 cm³/mol. The zero-order valence-corrected chi connectivity index (χ0v) is 14.7. The molecule has 3 N–H and O–H groups in total. The van der Waals surface area contributed by atoms with Crippen LogP contribution in [0.3, 0.4) is 0 Å². The van der Waals surface area contributed by atoms with Gasteiger partial charge in [0.15, 0.2) is 5.69 Å². The topological polar surface area (TPSA) is 93.2 Å². The Bertz CT molecular complexity index is 690. The Morgan fingerprint density at radius 3 is 2.79 bits per heavy atom. The molecule has 7 heteroatoms. The van der Waals surface area contributed by atoms with Crippen LogP contribution in [-0.2, 0) is 18.4 Å². The first-order valence-corrected chi connectivity index (χ1v) is 8.02. The van der Waals surface area contributed by atoms with Gasteiger partial charge in [-0.1, -0.05) is 5.92 Å². The van der Waals surface area contributed by atoms with Gasteiger partial charge in [-0.05, 0) is 33.1 Å². The molecular weight excluding hydrogens is 306 g/mol. The van der Waals surface area contributed by atoms with Crippen LogP contribution >= 0.6 is 0 Å². The molecule has 24 heavy (non-hydrogen) atoms. The van der Waals surface area contributed by atoms with E-state index in [4.69, 9.17) is 5.73 Å². The second kappa shape index (κ2) is 7.05. The molecule has 0 bridgehead atoms. The van der Waals surface area contributed by atoms with E-state index in [2.05, 4.69) is 27.2 Å². The van der Waals surface area contributed by atoms with Crippen molar-refractivity contribution in [2.75, 3.05) is 13.1 Å². The molecule has 2 rings (SSSR count). The maximum absolute atomic E-state index is 11.9. The third-order valence-electron chi connectivity index (χ3n) is 3.69. The second-order valence-corrected chi connectivity index (χ2v) is 7.24. The first-order valence-electron chi connectivity index (χ1n) is 8.02. The Balaban J connectivity index is 1.90. The zero-order chi connectivity index (χ0) is 17.9. The molecule has 1 aromatic heterocycles. The van der Waals surface area contributed by atoms with Gasteiger partial charge in [-0.15, -0.1) is 0 Å². The summed E-state index contributed by atoms with van der Waals surface area (Å²) in [5.41, 5.74) is 6.28. The zero-order valence-electron chi connectivity index (χ0n) is 14.7. The lowest BCUT2D eigenvalue weighted by molar-refractivity contribution is -0.116. The maximum atomic E-state index is 11.9. The molecule has 1 saturated heterocycles. The minimum absolute atomic E-state index is 0.0699. The molecule has 1 aromatic rings. The average molecular weight is 331 g/mol. The van der Waals surface area contributed by atoms with E-state index in [-0.39, 0.29) is 17.4 Å². The summed E-state index contributed by atoms with van der Waals surface area (Å²) < 4.78 is 1.59. The molecule has 1 unspecified atom stereocenters. The molecule has 1 aliphatic rings. The number of amides is 2. The van der Waals surface area contributed by atoms with E-state index in [1.54, 1.807) is 17.9 Å². The van der Waals surface area contributed by atoms with Gasteiger partial charge in [0.1, 0.15) is 0 Å². The van der Waals surface area contributed by atoms with Gasteiger partial charge in [-0.25, -0.2) is 0 Å². The van der Waals surface area contributed by atoms with Crippen LogP contribution in [0.25, 0.3) is 0 Å². The van der Waals surface area contributed by atoms with Gasteiger partial charge in [0.2, 0.25) is 0 Å². The Labute approximate surface area is 142 Å². The van der Waals surface area contributed by atoms with Crippen molar-refractivity contribution in [3.63, 3.8) is 0 Å². The molecule has 0 spiro atoms. The van der Waals surface area contributed by atoms with Crippen LogP contribution in [0.15, 0.2) is 6.20 Å². The van der Waals surface area contributed by atoms with Gasteiger partial charge in [0.05, 0.1) is 0 Å². The minimum Gasteiger partial charge on any atom is -0.364 e. The molecule has 0 aromatic carbocycles. The van der Waals surface area contributed by atoms with Crippen molar-refractivity contribution in [2.24, 2.45) is 18.2 Å². The molecule has 0 radical (unpaired) electrons. The highest BCUT2D eigenvalue weighted by molar-refractivity contribution is 5.93. The van der Waals surface area contributed by atoms with Crippen LogP contribution in [0.1, 0.15) is 43.2 Å². The second-order valence-electron chi connectivity index (χ2n) is 7.24. The third kappa shape index (κ3) is 5.10. The molecule has 7 nitrogen and oxygen atoms in total. The summed E-state index contributed by atoms with van der Waals surface area (Å²) in [6, 6.07) is 0.0699. The van der Waals surface area contributed by atoms with Crippen molar-refractivity contribution in [1.29, 1.82) is 0 Å². The number of nitrogens with zero attached hydrogens (tertiary/aromatic N) is 3. The summed E-state index contributed by atoms with van der Waals surface area (Å²) in [4.78, 5) is 25.5. The lowest BCUT2D eigenvalue weighted by Crippen LogP contribution is -2.36. The smallest absolute Gasteiger partial charge is 0.296 e. The van der Waals surface area contributed by atoms with Crippen molar-refractivity contribution in [3.05, 3.63) is 17.5 Å². The number of rotatable bonds is 4. The first kappa shape index (κ1) is 18.0. The number of carbonyl (C=O) groups is 2. The van der Waals surface area contributed by atoms with Crippen molar-refractivity contribution in [2.45, 2.75) is 39.8 Å². The molecule has 130 valence electrons. The molecule has 0 saturated carbocycles. The van der Waals surface area contributed by atoms with Gasteiger partial charge < -0.3 is 11.1 Å². The third-order valence-corrected chi connectivity index (χ3v) is 3.69. The van der Waals surface area contributed by atoms with Crippen molar-refractivity contribution in [1.82, 2.24) is 20.0 Å². The van der Waals surface area contributed by atoms with E-state index >= 15 is 0 Å². The summed E-state index contributed by atoms with van der Waals surface area (Å²) in [7, 11) is 1.76. The Hall–Kier alpha value is -2.33. The van der Waals surface area contributed by atoms with Gasteiger partial charge >= 0.3 is 0 Å². The molecular formula is C17H25N5O2. The monoisotopic (exact) mass is 331 g/mol. The number of carbonyl (C=O) groups excluding carboxylic acids is 2. The number of aromatic nitrogens is 2. The van der Waals surface area contributed by atoms with Crippen LogP contribution in [0.4, 0.5) is 0 Å². The van der Waals surface area contributed by atoms with Crippen LogP contribution < -0.4 is 11.1 Å². The van der Waals surface area contributed by atoms with E-state index in [9.17, 15) is 9.59 Å². The summed E-state index contributed by atoms with van der Waals surface area (Å²) in [6.07, 6.45) is 2.66. The average Bonchev–Trinajstić information content (AvgIpc) is 3.03. The molecule has 1 atom stereocenters. The van der Waals surface area contributed by atoms with Crippen LogP contribution in [-0.4, -0.2) is 45.6 Å². The van der Waals surface area contributed by atoms with E-state index < -0.39 is 5.91 Å². The van der Waals surface area contributed by atoms with Gasteiger partial charge in [0, 0.05) is 49.9 Å². The maximum Gasteiger partial charge on any atom is 0.296 e. The van der Waals surface area contributed by atoms with E-state index in [0.29, 0.717) is 12.2 Å². The Morgan fingerprint density at radius 2 is 2.17 bits per heavy atom. The van der Waals surface area contributed by atoms with Gasteiger partial charge in [0.25, 0.3) is 11.8 Å². The number of likely N-dealkylation sites (tertiary alicyclic amines) is 1. The van der Waals surface area contributed by atoms with Crippen LogP contribution in [0, 0.1) is 17.3 Å². The highest BCUT2D eigenvalue weighted by atomic mass is 16.2. The molecule has 2 heterocycles. The highest BCUT2D eigenvalue weighted by Gasteiger charge is 2.25. The van der Waals surface area contributed by atoms with E-state index in [1.807, 2.05) is 20.8 Å². The number of nitrogens with two attached hydrogens (primary N) is 1. The summed E-state index contributed by atoms with van der Waals surface area (Å²) >= 11 is 0. The Morgan fingerprint density at radius 1 is 1.46 bits per heavy atom. The summed E-state index contributed by atoms with van der Waals surface area (Å²) in [5, 5.41) is 7.04. The van der Waals surface area contributed by atoms with Crippen molar-refractivity contribution < 1.29 is 9.59 Å². The van der Waals surface area contributed by atoms with E-state index in [1.165, 1.54) is 0 Å². The standard InChI is InChI=1S/C17H25N5O2/c1-17(2,3)7-5-14(23)19-13-6-8-22(11-13)10-12-9-21(4)20-15(12)16(18)24/h9,13H,6,8,10-11H2,1-4H3,(H2,18,24)(H,19,23). The largest absolute Gasteiger partial charge is 0.364 e. The summed E-state index contributed by atoms with van der Waals surface area (Å²) in [6.45, 7) is 8.05. The van der Waals surface area contributed by atoms with Gasteiger partial charge in [-0.2, -0.15) is 5.10 Å². The summed E-state index contributed by atoms with van der Waals surface area (Å²) in [5.74, 6) is 4.82. The normalized spacial score (nSPS) is 18.1. The highest BCUT2D eigenvalue weighted by Crippen LogP contribution is 2.16. The predicted octanol–water partition coefficient (Wildman–Crippen LogP) is 0.259. The number of aryl methyl sites for hydroxylation is 1.